The molecular weight excluding hydrogens is 395 g/mol. The Kier molecular flexibility index (Phi) is 7.03. The summed E-state index contributed by atoms with van der Waals surface area (Å²) in [5.41, 5.74) is 0.0221. The van der Waals surface area contributed by atoms with Crippen molar-refractivity contribution in [3.05, 3.63) is 37.7 Å². The summed E-state index contributed by atoms with van der Waals surface area (Å²) in [6.45, 7) is 2.59. The van der Waals surface area contributed by atoms with Crippen molar-refractivity contribution in [2.75, 3.05) is 11.1 Å². The van der Waals surface area contributed by atoms with Crippen molar-refractivity contribution in [1.29, 1.82) is 0 Å². The topological polar surface area (TPSA) is 79.8 Å². The van der Waals surface area contributed by atoms with Crippen LogP contribution < -0.4 is 11.0 Å². The number of carbonyl (C=O) groups excluding carboxylic acids is 1. The lowest BCUT2D eigenvalue weighted by Crippen LogP contribution is -2.19. The van der Waals surface area contributed by atoms with Gasteiger partial charge in [-0.2, -0.15) is 0 Å². The van der Waals surface area contributed by atoms with E-state index in [1.165, 1.54) is 16.7 Å². The van der Waals surface area contributed by atoms with Gasteiger partial charge in [0.1, 0.15) is 0 Å². The largest absolute Gasteiger partial charge is 0.343 e. The molecule has 0 atom stereocenters. The number of thioether (sulfide) groups is 1. The van der Waals surface area contributed by atoms with Crippen molar-refractivity contribution in [1.82, 2.24) is 14.8 Å². The molecule has 1 aromatic heterocycles. The number of aromatic amines is 1. The molecule has 1 aromatic carbocycles. The summed E-state index contributed by atoms with van der Waals surface area (Å²) in [6, 6.07) is 2.99. The Bertz CT molecular complexity index is 768. The second-order valence-corrected chi connectivity index (χ2v) is 7.09. The van der Waals surface area contributed by atoms with Crippen molar-refractivity contribution < 1.29 is 4.79 Å². The van der Waals surface area contributed by atoms with Crippen molar-refractivity contribution >= 4 is 58.2 Å². The summed E-state index contributed by atoms with van der Waals surface area (Å²) >= 11 is 19.0. The van der Waals surface area contributed by atoms with E-state index in [1.807, 2.05) is 6.92 Å². The average molecular weight is 410 g/mol. The number of H-pyrrole nitrogens is 1. The number of nitrogens with one attached hydrogen (secondary N) is 2. The van der Waals surface area contributed by atoms with E-state index < -0.39 is 0 Å². The van der Waals surface area contributed by atoms with Gasteiger partial charge in [0.05, 0.1) is 21.5 Å². The SMILES string of the molecule is CCCCn1c(SCC(=O)Nc2c(Cl)cc(Cl)cc2Cl)n[nH]c1=O. The molecule has 0 radical (unpaired) electrons. The van der Waals surface area contributed by atoms with Gasteiger partial charge in [-0.25, -0.2) is 9.89 Å². The molecule has 1 amide bonds. The average Bonchev–Trinajstić information content (AvgIpc) is 2.87. The molecule has 0 spiro atoms. The van der Waals surface area contributed by atoms with E-state index in [1.54, 1.807) is 0 Å². The molecule has 2 aromatic rings. The number of hydrogen-bond acceptors (Lipinski definition) is 4. The quantitative estimate of drug-likeness (QED) is 0.676. The number of aromatic nitrogens is 3. The summed E-state index contributed by atoms with van der Waals surface area (Å²) in [5, 5.41) is 10.3. The number of benzene rings is 1. The summed E-state index contributed by atoms with van der Waals surface area (Å²) in [5.74, 6) is -0.255. The first-order valence-electron chi connectivity index (χ1n) is 7.14. The zero-order chi connectivity index (χ0) is 17.7. The second kappa shape index (κ2) is 8.80. The predicted molar refractivity (Wildman–Crippen MR) is 98.6 cm³/mol. The molecule has 0 aliphatic carbocycles. The minimum Gasteiger partial charge on any atom is -0.323 e. The molecule has 10 heteroatoms. The Hall–Kier alpha value is -1.15. The molecule has 0 unspecified atom stereocenters. The Labute approximate surface area is 157 Å². The third kappa shape index (κ3) is 4.92. The molecule has 0 aliphatic heterocycles. The molecule has 0 aliphatic rings. The van der Waals surface area contributed by atoms with E-state index in [-0.39, 0.29) is 27.4 Å². The predicted octanol–water partition coefficient (Wildman–Crippen LogP) is 4.06. The highest BCUT2D eigenvalue weighted by Crippen LogP contribution is 2.33. The number of unbranched alkanes of at least 4 members (excludes halogenated alkanes) is 1. The smallest absolute Gasteiger partial charge is 0.323 e. The Morgan fingerprint density at radius 3 is 2.62 bits per heavy atom. The first-order valence-corrected chi connectivity index (χ1v) is 9.26. The zero-order valence-electron chi connectivity index (χ0n) is 12.7. The molecule has 1 heterocycles. The highest BCUT2D eigenvalue weighted by atomic mass is 35.5. The molecule has 130 valence electrons. The molecule has 2 rings (SSSR count). The first-order chi connectivity index (χ1) is 11.4. The van der Waals surface area contributed by atoms with E-state index in [4.69, 9.17) is 34.8 Å². The van der Waals surface area contributed by atoms with Crippen LogP contribution >= 0.6 is 46.6 Å². The van der Waals surface area contributed by atoms with Crippen LogP contribution in [-0.4, -0.2) is 26.4 Å². The van der Waals surface area contributed by atoms with Gasteiger partial charge in [0.2, 0.25) is 5.91 Å². The molecule has 0 fully saturated rings. The number of hydrogen-bond donors (Lipinski definition) is 2. The number of anilines is 1. The van der Waals surface area contributed by atoms with Gasteiger partial charge in [0.25, 0.3) is 0 Å². The van der Waals surface area contributed by atoms with Crippen LogP contribution in [0.5, 0.6) is 0 Å². The summed E-state index contributed by atoms with van der Waals surface area (Å²) in [7, 11) is 0. The number of amides is 1. The van der Waals surface area contributed by atoms with E-state index >= 15 is 0 Å². The van der Waals surface area contributed by atoms with Gasteiger partial charge in [0, 0.05) is 11.6 Å². The molecule has 0 bridgehead atoms. The van der Waals surface area contributed by atoms with Crippen LogP contribution in [0.1, 0.15) is 19.8 Å². The standard InChI is InChI=1S/C14H15Cl3N4O2S/c1-2-3-4-21-13(23)19-20-14(21)24-7-11(22)18-12-9(16)5-8(15)6-10(12)17/h5-6H,2-4,7H2,1H3,(H,18,22)(H,19,23). The normalized spacial score (nSPS) is 10.8. The fraction of sp³-hybridized carbons (Fsp3) is 0.357. The second-order valence-electron chi connectivity index (χ2n) is 4.90. The third-order valence-corrected chi connectivity index (χ3v) is 4.85. The summed E-state index contributed by atoms with van der Waals surface area (Å²) in [4.78, 5) is 23.8. The van der Waals surface area contributed by atoms with Crippen LogP contribution in [0.25, 0.3) is 0 Å². The number of halogens is 3. The molecule has 0 saturated carbocycles. The lowest BCUT2D eigenvalue weighted by molar-refractivity contribution is -0.113. The molecule has 2 N–H and O–H groups in total. The van der Waals surface area contributed by atoms with Gasteiger partial charge in [-0.15, -0.1) is 5.10 Å². The van der Waals surface area contributed by atoms with E-state index in [0.29, 0.717) is 22.4 Å². The molecule has 24 heavy (non-hydrogen) atoms. The van der Waals surface area contributed by atoms with Crippen molar-refractivity contribution in [2.24, 2.45) is 0 Å². The maximum Gasteiger partial charge on any atom is 0.343 e. The number of carbonyl (C=O) groups is 1. The van der Waals surface area contributed by atoms with E-state index in [0.717, 1.165) is 24.6 Å². The van der Waals surface area contributed by atoms with Crippen LogP contribution in [0.2, 0.25) is 15.1 Å². The number of rotatable bonds is 7. The molecule has 6 nitrogen and oxygen atoms in total. The van der Waals surface area contributed by atoms with E-state index in [9.17, 15) is 9.59 Å². The lowest BCUT2D eigenvalue weighted by Gasteiger charge is -2.10. The Morgan fingerprint density at radius 2 is 2.00 bits per heavy atom. The minimum atomic E-state index is -0.316. The fourth-order valence-electron chi connectivity index (χ4n) is 1.89. The zero-order valence-corrected chi connectivity index (χ0v) is 15.8. The van der Waals surface area contributed by atoms with Crippen molar-refractivity contribution in [2.45, 2.75) is 31.5 Å². The van der Waals surface area contributed by atoms with Gasteiger partial charge in [-0.3, -0.25) is 9.36 Å². The Balaban J connectivity index is 2.01. The van der Waals surface area contributed by atoms with E-state index in [2.05, 4.69) is 15.5 Å². The van der Waals surface area contributed by atoms with Crippen LogP contribution in [0.4, 0.5) is 5.69 Å². The van der Waals surface area contributed by atoms with Crippen LogP contribution in [0.3, 0.4) is 0 Å². The summed E-state index contributed by atoms with van der Waals surface area (Å²) < 4.78 is 1.52. The fourth-order valence-corrected chi connectivity index (χ4v) is 3.58. The highest BCUT2D eigenvalue weighted by Gasteiger charge is 2.14. The highest BCUT2D eigenvalue weighted by molar-refractivity contribution is 7.99. The van der Waals surface area contributed by atoms with Crippen LogP contribution in [0, 0.1) is 0 Å². The van der Waals surface area contributed by atoms with Crippen molar-refractivity contribution in [3.63, 3.8) is 0 Å². The molecule has 0 saturated heterocycles. The van der Waals surface area contributed by atoms with Crippen molar-refractivity contribution in [3.8, 4) is 0 Å². The van der Waals surface area contributed by atoms with Gasteiger partial charge < -0.3 is 5.32 Å². The van der Waals surface area contributed by atoms with Gasteiger partial charge in [-0.05, 0) is 18.6 Å². The molecular formula is C14H15Cl3N4O2S. The lowest BCUT2D eigenvalue weighted by atomic mass is 10.3. The van der Waals surface area contributed by atoms with Gasteiger partial charge in [-0.1, -0.05) is 59.9 Å². The van der Waals surface area contributed by atoms with Crippen LogP contribution in [-0.2, 0) is 11.3 Å². The van der Waals surface area contributed by atoms with Gasteiger partial charge in [0.15, 0.2) is 5.16 Å². The first kappa shape index (κ1) is 19.2. The third-order valence-electron chi connectivity index (χ3n) is 3.06. The number of nitrogens with zero attached hydrogens (tertiary/aromatic N) is 2. The monoisotopic (exact) mass is 408 g/mol. The maximum atomic E-state index is 12.1. The Morgan fingerprint density at radius 1 is 1.33 bits per heavy atom. The summed E-state index contributed by atoms with van der Waals surface area (Å²) in [6.07, 6.45) is 1.81. The van der Waals surface area contributed by atoms with Gasteiger partial charge >= 0.3 is 5.69 Å². The van der Waals surface area contributed by atoms with Crippen LogP contribution in [0.15, 0.2) is 22.1 Å². The minimum absolute atomic E-state index is 0.0612. The maximum absolute atomic E-state index is 12.1.